The summed E-state index contributed by atoms with van der Waals surface area (Å²) in [6.07, 6.45) is 20.3. The van der Waals surface area contributed by atoms with Gasteiger partial charge in [-0.1, -0.05) is 109 Å². The normalized spacial score (nSPS) is 12.4. The highest BCUT2D eigenvalue weighted by molar-refractivity contribution is 7.46. The summed E-state index contributed by atoms with van der Waals surface area (Å²) >= 11 is 0. The first kappa shape index (κ1) is 32.6. The molecule has 2 N–H and O–H groups in total. The van der Waals surface area contributed by atoms with E-state index in [9.17, 15) is 4.57 Å². The number of ether oxygens (including phenoxy) is 2. The first-order chi connectivity index (χ1) is 17.4. The standard InChI is InChI=1S/C28H48NO6P/c1-2-3-4-5-6-7-8-9-10-11-12-13-14-15-16-17-21-33-24-28(25-34-36(30,31)32)35-27-20-18-19-26(22-27)23-29/h18-20,22,28H,2-17,21,24-25H2,1H3,(H2,30,31,32)/t28-/m1/s1. The summed E-state index contributed by atoms with van der Waals surface area (Å²) in [7, 11) is -4.61. The van der Waals surface area contributed by atoms with Gasteiger partial charge in [0, 0.05) is 6.61 Å². The predicted molar refractivity (Wildman–Crippen MR) is 144 cm³/mol. The summed E-state index contributed by atoms with van der Waals surface area (Å²) in [6, 6.07) is 8.63. The lowest BCUT2D eigenvalue weighted by Gasteiger charge is -2.19. The first-order valence-electron chi connectivity index (χ1n) is 13.9. The molecule has 8 heteroatoms. The maximum absolute atomic E-state index is 11.1. The molecule has 1 atom stereocenters. The lowest BCUT2D eigenvalue weighted by Crippen LogP contribution is -2.28. The van der Waals surface area contributed by atoms with Crippen molar-refractivity contribution in [3.8, 4) is 11.8 Å². The Kier molecular flexibility index (Phi) is 19.6. The first-order valence-corrected chi connectivity index (χ1v) is 15.4. The molecule has 7 nitrogen and oxygen atoms in total. The summed E-state index contributed by atoms with van der Waals surface area (Å²) in [6.45, 7) is 2.67. The third-order valence-electron chi connectivity index (χ3n) is 6.14. The summed E-state index contributed by atoms with van der Waals surface area (Å²) < 4.78 is 27.1. The van der Waals surface area contributed by atoms with Gasteiger partial charge >= 0.3 is 7.82 Å². The van der Waals surface area contributed by atoms with Crippen molar-refractivity contribution in [2.45, 2.75) is 116 Å². The topological polar surface area (TPSA) is 109 Å². The van der Waals surface area contributed by atoms with E-state index >= 15 is 0 Å². The summed E-state index contributed by atoms with van der Waals surface area (Å²) in [4.78, 5) is 18.0. The van der Waals surface area contributed by atoms with Crippen LogP contribution in [0, 0.1) is 11.3 Å². The average molecular weight is 526 g/mol. The maximum Gasteiger partial charge on any atom is 0.469 e. The van der Waals surface area contributed by atoms with Crippen LogP contribution in [0.25, 0.3) is 0 Å². The van der Waals surface area contributed by atoms with E-state index in [2.05, 4.69) is 11.4 Å². The van der Waals surface area contributed by atoms with Crippen molar-refractivity contribution in [1.82, 2.24) is 0 Å². The number of benzene rings is 1. The lowest BCUT2D eigenvalue weighted by molar-refractivity contribution is 0.0179. The molecular weight excluding hydrogens is 477 g/mol. The Morgan fingerprint density at radius 3 is 1.86 bits per heavy atom. The van der Waals surface area contributed by atoms with Crippen molar-refractivity contribution in [2.75, 3.05) is 19.8 Å². The molecule has 0 unspecified atom stereocenters. The quantitative estimate of drug-likeness (QED) is 0.105. The minimum absolute atomic E-state index is 0.148. The highest BCUT2D eigenvalue weighted by Gasteiger charge is 2.20. The van der Waals surface area contributed by atoms with Crippen molar-refractivity contribution >= 4 is 7.82 Å². The second-order valence-electron chi connectivity index (χ2n) is 9.54. The van der Waals surface area contributed by atoms with Gasteiger partial charge in [-0.05, 0) is 24.6 Å². The van der Waals surface area contributed by atoms with Gasteiger partial charge < -0.3 is 19.3 Å². The fourth-order valence-corrected chi connectivity index (χ4v) is 4.46. The monoisotopic (exact) mass is 525 g/mol. The van der Waals surface area contributed by atoms with E-state index in [1.807, 2.05) is 6.07 Å². The number of phosphoric acid groups is 1. The zero-order valence-corrected chi connectivity index (χ0v) is 23.1. The van der Waals surface area contributed by atoms with E-state index in [4.69, 9.17) is 24.5 Å². The van der Waals surface area contributed by atoms with Crippen LogP contribution in [-0.4, -0.2) is 35.7 Å². The Balaban J connectivity index is 2.04. The predicted octanol–water partition coefficient (Wildman–Crippen LogP) is 7.69. The number of unbranched alkanes of at least 4 members (excludes halogenated alkanes) is 15. The zero-order valence-electron chi connectivity index (χ0n) is 22.2. The molecule has 0 fully saturated rings. The molecule has 0 aliphatic rings. The molecule has 0 bridgehead atoms. The van der Waals surface area contributed by atoms with Gasteiger partial charge in [-0.2, -0.15) is 5.26 Å². The Hall–Kier alpha value is -1.42. The summed E-state index contributed by atoms with van der Waals surface area (Å²) in [5, 5.41) is 9.02. The van der Waals surface area contributed by atoms with Gasteiger partial charge in [0.25, 0.3) is 0 Å². The molecule has 1 aromatic carbocycles. The van der Waals surface area contributed by atoms with Gasteiger partial charge in [0.1, 0.15) is 11.9 Å². The molecule has 1 aromatic rings. The van der Waals surface area contributed by atoms with Crippen LogP contribution in [0.3, 0.4) is 0 Å². The van der Waals surface area contributed by atoms with Crippen LogP contribution in [0.4, 0.5) is 0 Å². The molecule has 1 rings (SSSR count). The van der Waals surface area contributed by atoms with Crippen LogP contribution in [0.15, 0.2) is 24.3 Å². The second-order valence-corrected chi connectivity index (χ2v) is 10.8. The molecule has 0 aliphatic heterocycles. The van der Waals surface area contributed by atoms with Crippen LogP contribution in [0.2, 0.25) is 0 Å². The van der Waals surface area contributed by atoms with E-state index < -0.39 is 13.9 Å². The van der Waals surface area contributed by atoms with E-state index in [1.54, 1.807) is 24.3 Å². The molecule has 36 heavy (non-hydrogen) atoms. The molecule has 0 aliphatic carbocycles. The van der Waals surface area contributed by atoms with Crippen LogP contribution in [0.5, 0.6) is 5.75 Å². The van der Waals surface area contributed by atoms with Crippen LogP contribution >= 0.6 is 7.82 Å². The second kappa shape index (κ2) is 21.6. The van der Waals surface area contributed by atoms with Gasteiger partial charge in [0.05, 0.1) is 24.8 Å². The molecule has 0 heterocycles. The van der Waals surface area contributed by atoms with Crippen LogP contribution < -0.4 is 4.74 Å². The van der Waals surface area contributed by atoms with Gasteiger partial charge in [-0.15, -0.1) is 0 Å². The Morgan fingerprint density at radius 1 is 0.833 bits per heavy atom. The minimum atomic E-state index is -4.61. The van der Waals surface area contributed by atoms with E-state index in [-0.39, 0.29) is 13.2 Å². The van der Waals surface area contributed by atoms with Gasteiger partial charge in [-0.3, -0.25) is 4.52 Å². The molecule has 0 amide bonds. The number of nitrogens with zero attached hydrogens (tertiary/aromatic N) is 1. The highest BCUT2D eigenvalue weighted by Crippen LogP contribution is 2.36. The van der Waals surface area contributed by atoms with Gasteiger partial charge in [-0.25, -0.2) is 4.57 Å². The number of nitriles is 1. The number of rotatable bonds is 24. The third kappa shape index (κ3) is 19.7. The molecule has 0 spiro atoms. The zero-order chi connectivity index (χ0) is 26.3. The summed E-state index contributed by atoms with van der Waals surface area (Å²) in [5.41, 5.74) is 0.441. The highest BCUT2D eigenvalue weighted by atomic mass is 31.2. The van der Waals surface area contributed by atoms with Crippen molar-refractivity contribution in [3.05, 3.63) is 29.8 Å². The number of hydrogen-bond donors (Lipinski definition) is 2. The van der Waals surface area contributed by atoms with Crippen molar-refractivity contribution < 1.29 is 28.3 Å². The van der Waals surface area contributed by atoms with Crippen molar-refractivity contribution in [1.29, 1.82) is 5.26 Å². The fourth-order valence-electron chi connectivity index (χ4n) is 4.09. The Bertz CT molecular complexity index is 748. The van der Waals surface area contributed by atoms with Crippen molar-refractivity contribution in [2.24, 2.45) is 0 Å². The number of phosphoric ester groups is 1. The van der Waals surface area contributed by atoms with Crippen LogP contribution in [0.1, 0.15) is 115 Å². The molecule has 206 valence electrons. The Morgan fingerprint density at radius 2 is 1.36 bits per heavy atom. The molecular formula is C28H48NO6P. The van der Waals surface area contributed by atoms with Crippen molar-refractivity contribution in [3.63, 3.8) is 0 Å². The Labute approximate surface area is 218 Å². The summed E-state index contributed by atoms with van der Waals surface area (Å²) in [5.74, 6) is 0.430. The maximum atomic E-state index is 11.1. The largest absolute Gasteiger partial charge is 0.486 e. The number of hydrogen-bond acceptors (Lipinski definition) is 5. The smallest absolute Gasteiger partial charge is 0.469 e. The minimum Gasteiger partial charge on any atom is -0.486 e. The molecule has 0 aromatic heterocycles. The third-order valence-corrected chi connectivity index (χ3v) is 6.63. The SMILES string of the molecule is CCCCCCCCCCCCCCCCCCOC[C@H](COP(=O)(O)O)Oc1cccc(C#N)c1. The van der Waals surface area contributed by atoms with Gasteiger partial charge in [0.15, 0.2) is 0 Å². The molecule has 0 radical (unpaired) electrons. The molecule has 0 saturated carbocycles. The van der Waals surface area contributed by atoms with Gasteiger partial charge in [0.2, 0.25) is 0 Å². The molecule has 0 saturated heterocycles. The lowest BCUT2D eigenvalue weighted by atomic mass is 10.0. The van der Waals surface area contributed by atoms with E-state index in [1.165, 1.54) is 89.9 Å². The van der Waals surface area contributed by atoms with E-state index in [0.717, 1.165) is 12.8 Å². The van der Waals surface area contributed by atoms with E-state index in [0.29, 0.717) is 17.9 Å². The van der Waals surface area contributed by atoms with Crippen LogP contribution in [-0.2, 0) is 13.8 Å². The fraction of sp³-hybridized carbons (Fsp3) is 0.750. The average Bonchev–Trinajstić information content (AvgIpc) is 2.86.